The van der Waals surface area contributed by atoms with Crippen molar-refractivity contribution < 1.29 is 19.8 Å². The highest BCUT2D eigenvalue weighted by Crippen LogP contribution is 2.40. The molecule has 4 aromatic carbocycles. The van der Waals surface area contributed by atoms with Gasteiger partial charge in [-0.1, -0.05) is 143 Å². The number of aromatic carboxylic acids is 2. The van der Waals surface area contributed by atoms with Crippen LogP contribution in [0.2, 0.25) is 0 Å². The van der Waals surface area contributed by atoms with E-state index in [9.17, 15) is 19.8 Å². The molecule has 7 aromatic rings. The molecule has 5 heterocycles. The van der Waals surface area contributed by atoms with Crippen LogP contribution >= 0.6 is 0 Å². The van der Waals surface area contributed by atoms with Crippen LogP contribution < -0.4 is 0 Å². The average Bonchev–Trinajstić information content (AvgIpc) is 4.19. The molecule has 0 saturated heterocycles. The number of H-pyrrole nitrogens is 2. The predicted molar refractivity (Wildman–Crippen MR) is 303 cm³/mol. The van der Waals surface area contributed by atoms with Gasteiger partial charge < -0.3 is 20.2 Å². The molecule has 3 aromatic heterocycles. The van der Waals surface area contributed by atoms with Crippen LogP contribution in [-0.4, -0.2) is 42.1 Å². The maximum absolute atomic E-state index is 11.8. The lowest BCUT2D eigenvalue weighted by Gasteiger charge is -2.26. The maximum atomic E-state index is 11.8. The van der Waals surface area contributed by atoms with Crippen molar-refractivity contribution in [3.05, 3.63) is 188 Å². The molecule has 0 unspecified atom stereocenters. The van der Waals surface area contributed by atoms with Gasteiger partial charge >= 0.3 is 11.9 Å². The summed E-state index contributed by atoms with van der Waals surface area (Å²) in [4.78, 5) is 42.1. The molecule has 0 saturated carbocycles. The van der Waals surface area contributed by atoms with E-state index >= 15 is 0 Å². The minimum absolute atomic E-state index is 0.157. The Morgan fingerprint density at radius 1 is 0.392 bits per heavy atom. The summed E-state index contributed by atoms with van der Waals surface area (Å²) in [5, 5.41) is 19.3. The van der Waals surface area contributed by atoms with Gasteiger partial charge in [0.15, 0.2) is 0 Å². The Balaban J connectivity index is 1.45. The molecule has 74 heavy (non-hydrogen) atoms. The molecule has 0 atom stereocenters. The molecule has 370 valence electrons. The Hall–Kier alpha value is -8.46. The number of rotatable bonds is 4. The van der Waals surface area contributed by atoms with Crippen LogP contribution in [0.25, 0.3) is 68.6 Å². The van der Waals surface area contributed by atoms with Gasteiger partial charge in [-0.05, 0) is 152 Å². The largest absolute Gasteiger partial charge is 0.478 e. The quantitative estimate of drug-likeness (QED) is 0.130. The van der Waals surface area contributed by atoms with Gasteiger partial charge in [0.25, 0.3) is 0 Å². The SMILES string of the molecule is CC(C)(C)c1cc(-c2c3nc(c(C#Cc4ccc(C(=O)O)cc4)c4ccc([nH]4)c(-c4cc(C(C)(C)C)cc(C(C)(C)C)c4)c4ccc([nH]4)c(C#Cc4ccc(C(=O)O)cc4)c4nc2C=C4)C=C3)cc(C(C)(C)C)c1. The van der Waals surface area contributed by atoms with Crippen LogP contribution in [0.1, 0.15) is 171 Å². The van der Waals surface area contributed by atoms with Gasteiger partial charge in [-0.3, -0.25) is 0 Å². The molecule has 2 aliphatic heterocycles. The molecular formula is C66H62N4O4. The van der Waals surface area contributed by atoms with Crippen molar-refractivity contribution in [3.8, 4) is 45.9 Å². The fourth-order valence-corrected chi connectivity index (χ4v) is 9.01. The van der Waals surface area contributed by atoms with Crippen LogP contribution in [-0.2, 0) is 21.7 Å². The number of nitrogens with zero attached hydrogens (tertiary/aromatic N) is 2. The third-order valence-corrected chi connectivity index (χ3v) is 13.6. The highest BCUT2D eigenvalue weighted by Gasteiger charge is 2.26. The van der Waals surface area contributed by atoms with Gasteiger partial charge in [0.2, 0.25) is 0 Å². The number of hydrogen-bond donors (Lipinski definition) is 4. The summed E-state index contributed by atoms with van der Waals surface area (Å²) >= 11 is 0. The number of nitrogens with one attached hydrogen (secondary N) is 2. The van der Waals surface area contributed by atoms with E-state index in [-0.39, 0.29) is 32.8 Å². The molecular weight excluding hydrogens is 913 g/mol. The highest BCUT2D eigenvalue weighted by atomic mass is 16.4. The minimum atomic E-state index is -0.999. The third-order valence-electron chi connectivity index (χ3n) is 13.6. The van der Waals surface area contributed by atoms with E-state index in [1.807, 2.05) is 24.3 Å². The van der Waals surface area contributed by atoms with Gasteiger partial charge in [0.05, 0.1) is 56.1 Å². The molecule has 0 spiro atoms. The topological polar surface area (TPSA) is 132 Å². The first kappa shape index (κ1) is 50.5. The second-order valence-electron chi connectivity index (χ2n) is 23.4. The summed E-state index contributed by atoms with van der Waals surface area (Å²) in [6, 6.07) is 35.2. The van der Waals surface area contributed by atoms with E-state index in [2.05, 4.69) is 177 Å². The summed E-state index contributed by atoms with van der Waals surface area (Å²) in [5.74, 6) is 11.6. The summed E-state index contributed by atoms with van der Waals surface area (Å²) in [6.45, 7) is 26.8. The molecule has 4 N–H and O–H groups in total. The zero-order valence-corrected chi connectivity index (χ0v) is 44.3. The Bertz CT molecular complexity index is 3570. The number of carboxylic acid groups (broad SMARTS) is 2. The van der Waals surface area contributed by atoms with Gasteiger partial charge in [0.1, 0.15) is 0 Å². The number of aromatic nitrogens is 4. The molecule has 0 aliphatic carbocycles. The van der Waals surface area contributed by atoms with Gasteiger partial charge in [-0.2, -0.15) is 0 Å². The Kier molecular flexibility index (Phi) is 12.9. The molecule has 8 bridgehead atoms. The smallest absolute Gasteiger partial charge is 0.335 e. The lowest BCUT2D eigenvalue weighted by molar-refractivity contribution is 0.0686. The molecule has 8 nitrogen and oxygen atoms in total. The van der Waals surface area contributed by atoms with E-state index in [1.165, 1.54) is 22.3 Å². The molecule has 0 amide bonds. The number of carboxylic acids is 2. The summed E-state index contributed by atoms with van der Waals surface area (Å²) < 4.78 is 0. The van der Waals surface area contributed by atoms with Crippen LogP contribution in [0.3, 0.4) is 0 Å². The minimum Gasteiger partial charge on any atom is -0.478 e. The van der Waals surface area contributed by atoms with Crippen molar-refractivity contribution >= 4 is 58.3 Å². The highest BCUT2D eigenvalue weighted by molar-refractivity contribution is 5.97. The summed E-state index contributed by atoms with van der Waals surface area (Å²) in [5.41, 5.74) is 16.9. The van der Waals surface area contributed by atoms with Crippen molar-refractivity contribution in [2.45, 2.75) is 105 Å². The Morgan fingerprint density at radius 3 is 1.03 bits per heavy atom. The molecule has 9 rings (SSSR count). The fraction of sp³-hybridized carbons (Fsp3) is 0.242. The van der Waals surface area contributed by atoms with Crippen molar-refractivity contribution in [2.75, 3.05) is 0 Å². The van der Waals surface area contributed by atoms with Crippen molar-refractivity contribution in [3.63, 3.8) is 0 Å². The van der Waals surface area contributed by atoms with Crippen LogP contribution in [0, 0.1) is 23.7 Å². The monoisotopic (exact) mass is 974 g/mol. The molecule has 0 fully saturated rings. The standard InChI is InChI=1S/C66H62N4O4/c1-63(2,3)45-33-43(34-46(37-45)64(4,5)6)59-55-29-25-51(67-55)49(23-17-39-13-19-41(20-14-39)61(71)72)53-27-31-57(69-53)60(44-35-47(65(7,8)9)38-48(36-44)66(10,11)12)58-32-28-54(70-58)50(52-26-30-56(59)68-52)24-18-40-15-21-42(22-16-40)62(73)74/h13-16,19-22,25-38,67-68H,1-12H3,(H,71,72)(H,73,74). The second-order valence-corrected chi connectivity index (χ2v) is 23.4. The lowest BCUT2D eigenvalue weighted by atomic mass is 9.78. The number of hydrogen-bond acceptors (Lipinski definition) is 4. The molecule has 8 heteroatoms. The molecule has 2 aliphatic rings. The second kappa shape index (κ2) is 18.9. The third kappa shape index (κ3) is 10.5. The van der Waals surface area contributed by atoms with Gasteiger partial charge in [0, 0.05) is 33.3 Å². The first-order chi connectivity index (χ1) is 34.8. The van der Waals surface area contributed by atoms with Crippen LogP contribution in [0.5, 0.6) is 0 Å². The van der Waals surface area contributed by atoms with E-state index < -0.39 is 11.9 Å². The zero-order valence-electron chi connectivity index (χ0n) is 44.3. The zero-order chi connectivity index (χ0) is 53.1. The number of fused-ring (bicyclic) bond motifs is 8. The summed E-state index contributed by atoms with van der Waals surface area (Å²) in [6.07, 6.45) is 8.10. The van der Waals surface area contributed by atoms with Gasteiger partial charge in [-0.25, -0.2) is 19.6 Å². The van der Waals surface area contributed by atoms with Crippen molar-refractivity contribution in [1.82, 2.24) is 19.9 Å². The number of carbonyl (C=O) groups is 2. The number of benzene rings is 4. The van der Waals surface area contributed by atoms with E-state index in [4.69, 9.17) is 9.97 Å². The Morgan fingerprint density at radius 2 is 0.703 bits per heavy atom. The normalized spacial score (nSPS) is 12.5. The van der Waals surface area contributed by atoms with Gasteiger partial charge in [-0.15, -0.1) is 0 Å². The first-order valence-electron chi connectivity index (χ1n) is 25.0. The fourth-order valence-electron chi connectivity index (χ4n) is 9.01. The van der Waals surface area contributed by atoms with Crippen LogP contribution in [0.15, 0.2) is 109 Å². The van der Waals surface area contributed by atoms with Crippen molar-refractivity contribution in [2.24, 2.45) is 0 Å². The van der Waals surface area contributed by atoms with Crippen molar-refractivity contribution in [1.29, 1.82) is 0 Å². The Labute approximate surface area is 434 Å². The van der Waals surface area contributed by atoms with E-state index in [0.29, 0.717) is 45.0 Å². The average molecular weight is 975 g/mol. The summed E-state index contributed by atoms with van der Waals surface area (Å²) in [7, 11) is 0. The molecule has 0 radical (unpaired) electrons. The maximum Gasteiger partial charge on any atom is 0.335 e. The number of aromatic amines is 2. The van der Waals surface area contributed by atoms with E-state index in [0.717, 1.165) is 44.3 Å². The predicted octanol–water partition coefficient (Wildman–Crippen LogP) is 15.4. The van der Waals surface area contributed by atoms with E-state index in [1.54, 1.807) is 48.5 Å². The van der Waals surface area contributed by atoms with Crippen LogP contribution in [0.4, 0.5) is 0 Å². The lowest BCUT2D eigenvalue weighted by Crippen LogP contribution is -2.16. The first-order valence-corrected chi connectivity index (χ1v) is 25.0.